The molecule has 3 atom stereocenters. The van der Waals surface area contributed by atoms with Gasteiger partial charge in [-0.3, -0.25) is 14.4 Å². The van der Waals surface area contributed by atoms with Crippen molar-refractivity contribution in [2.45, 2.75) is 55.3 Å². The number of carboxylic acids is 1. The Morgan fingerprint density at radius 2 is 2.04 bits per heavy atom. The Bertz CT molecular complexity index is 776. The van der Waals surface area contributed by atoms with Crippen molar-refractivity contribution in [2.75, 3.05) is 0 Å². The van der Waals surface area contributed by atoms with Gasteiger partial charge in [0.2, 0.25) is 11.4 Å². The predicted molar refractivity (Wildman–Crippen MR) is 97.9 cm³/mol. The van der Waals surface area contributed by atoms with Gasteiger partial charge in [-0.05, 0) is 25.3 Å². The van der Waals surface area contributed by atoms with Crippen molar-refractivity contribution in [2.24, 2.45) is 0 Å². The molecule has 2 aliphatic rings. The van der Waals surface area contributed by atoms with Gasteiger partial charge >= 0.3 is 5.97 Å². The highest BCUT2D eigenvalue weighted by Crippen LogP contribution is 2.55. The third kappa shape index (κ3) is 2.64. The minimum Gasteiger partial charge on any atom is -0.480 e. The Hall–Kier alpha value is -1.87. The summed E-state index contributed by atoms with van der Waals surface area (Å²) in [5.74, 6) is -2.54. The molecular weight excluding hydrogens is 376 g/mol. The lowest BCUT2D eigenvalue weighted by molar-refractivity contribution is -0.172. The predicted octanol–water partition coefficient (Wildman–Crippen LogP) is 1.27. The molecule has 0 spiro atoms. The van der Waals surface area contributed by atoms with Gasteiger partial charge in [0.15, 0.2) is 5.78 Å². The Balaban J connectivity index is 1.90. The number of fused-ring (bicyclic) bond motifs is 1. The lowest BCUT2D eigenvalue weighted by atomic mass is 9.80. The van der Waals surface area contributed by atoms with E-state index in [1.165, 1.54) is 28.0 Å². The maximum atomic E-state index is 12.9. The van der Waals surface area contributed by atoms with Gasteiger partial charge in [-0.2, -0.15) is 0 Å². The van der Waals surface area contributed by atoms with Gasteiger partial charge in [0.05, 0.1) is 6.42 Å². The molecule has 0 bridgehead atoms. The van der Waals surface area contributed by atoms with Gasteiger partial charge in [0.25, 0.3) is 5.91 Å². The number of β-lactam (4-membered cyclic amide) rings is 1. The van der Waals surface area contributed by atoms with Crippen molar-refractivity contribution < 1.29 is 24.3 Å². The number of carboxylic acid groups (broad SMARTS) is 1. The zero-order valence-corrected chi connectivity index (χ0v) is 16.3. The number of hydrogen-bond acceptors (Lipinski definition) is 6. The molecule has 2 fully saturated rings. The molecule has 9 heteroatoms. The molecule has 2 aliphatic heterocycles. The highest BCUT2D eigenvalue weighted by atomic mass is 32.2. The molecule has 0 aromatic carbocycles. The van der Waals surface area contributed by atoms with E-state index in [1.54, 1.807) is 26.8 Å². The SMILES string of the molecule is CCC(=O)[C@]1(NC(=O)Cc2cccs2)C(=O)N2[C@@H](C(=O)O)C(C)(C)S[C@@H]21. The largest absolute Gasteiger partial charge is 0.480 e. The van der Waals surface area contributed by atoms with Crippen LogP contribution < -0.4 is 5.32 Å². The first-order chi connectivity index (χ1) is 12.1. The highest BCUT2D eigenvalue weighted by Gasteiger charge is 2.74. The van der Waals surface area contributed by atoms with Gasteiger partial charge in [0, 0.05) is 16.0 Å². The van der Waals surface area contributed by atoms with E-state index in [0.717, 1.165) is 4.88 Å². The number of thioether (sulfide) groups is 1. The molecule has 0 unspecified atom stereocenters. The number of amides is 2. The number of nitrogens with zero attached hydrogens (tertiary/aromatic N) is 1. The summed E-state index contributed by atoms with van der Waals surface area (Å²) in [6.07, 6.45) is 0.154. The third-order valence-electron chi connectivity index (χ3n) is 4.79. The third-order valence-corrected chi connectivity index (χ3v) is 7.30. The van der Waals surface area contributed by atoms with Crippen LogP contribution in [0.15, 0.2) is 17.5 Å². The summed E-state index contributed by atoms with van der Waals surface area (Å²) in [6, 6.07) is 2.60. The second kappa shape index (κ2) is 6.38. The minimum absolute atomic E-state index is 0.0762. The number of rotatable bonds is 6. The lowest BCUT2D eigenvalue weighted by Gasteiger charge is -2.51. The molecule has 1 aromatic heterocycles. The van der Waals surface area contributed by atoms with E-state index in [1.807, 2.05) is 11.4 Å². The second-order valence-corrected chi connectivity index (χ2v) is 9.68. The molecule has 140 valence electrons. The molecule has 2 saturated heterocycles. The van der Waals surface area contributed by atoms with Gasteiger partial charge in [-0.25, -0.2) is 4.79 Å². The van der Waals surface area contributed by atoms with Crippen LogP contribution in [0.3, 0.4) is 0 Å². The number of carbonyl (C=O) groups is 4. The number of aliphatic carboxylic acids is 1. The molecular formula is C17H20N2O5S2. The highest BCUT2D eigenvalue weighted by molar-refractivity contribution is 8.01. The molecule has 2 N–H and O–H groups in total. The van der Waals surface area contributed by atoms with Crippen molar-refractivity contribution in [1.29, 1.82) is 0 Å². The summed E-state index contributed by atoms with van der Waals surface area (Å²) in [4.78, 5) is 51.8. The first-order valence-corrected chi connectivity index (χ1v) is 10.0. The Labute approximate surface area is 159 Å². The average molecular weight is 396 g/mol. The van der Waals surface area contributed by atoms with Crippen molar-refractivity contribution in [3.8, 4) is 0 Å². The molecule has 1 aromatic rings. The van der Waals surface area contributed by atoms with E-state index in [2.05, 4.69) is 5.32 Å². The summed E-state index contributed by atoms with van der Waals surface area (Å²) >= 11 is 2.67. The van der Waals surface area contributed by atoms with E-state index >= 15 is 0 Å². The number of hydrogen-bond donors (Lipinski definition) is 2. The molecule has 3 rings (SSSR count). The molecule has 0 aliphatic carbocycles. The minimum atomic E-state index is -1.67. The first kappa shape index (κ1) is 18.9. The molecule has 0 saturated carbocycles. The van der Waals surface area contributed by atoms with Crippen LogP contribution in [-0.2, 0) is 25.6 Å². The zero-order valence-electron chi connectivity index (χ0n) is 14.6. The number of Topliss-reactive ketones (excluding diaryl/α,β-unsaturated/α-hetero) is 1. The Kier molecular flexibility index (Phi) is 4.64. The molecule has 7 nitrogen and oxygen atoms in total. The standard InChI is InChI=1S/C17H20N2O5S2/c1-4-10(20)17(18-11(21)8-9-6-5-7-25-9)14(24)19-12(13(22)23)16(2,3)26-15(17)19/h5-7,12,15H,4,8H2,1-3H3,(H,18,21)(H,22,23)/t12-,15+,17-/m0/s1. The quantitative estimate of drug-likeness (QED) is 0.554. The number of carbonyl (C=O) groups excluding carboxylic acids is 3. The Morgan fingerprint density at radius 3 is 2.58 bits per heavy atom. The summed E-state index contributed by atoms with van der Waals surface area (Å²) in [5.41, 5.74) is -1.67. The topological polar surface area (TPSA) is 104 Å². The van der Waals surface area contributed by atoms with E-state index in [4.69, 9.17) is 0 Å². The van der Waals surface area contributed by atoms with Crippen LogP contribution >= 0.6 is 23.1 Å². The first-order valence-electron chi connectivity index (χ1n) is 8.25. The van der Waals surface area contributed by atoms with Crippen LogP contribution in [-0.4, -0.2) is 55.3 Å². The van der Waals surface area contributed by atoms with Gasteiger partial charge in [-0.1, -0.05) is 13.0 Å². The Morgan fingerprint density at radius 1 is 1.35 bits per heavy atom. The van der Waals surface area contributed by atoms with Crippen LogP contribution in [0.1, 0.15) is 32.1 Å². The van der Waals surface area contributed by atoms with Crippen molar-refractivity contribution >= 4 is 46.7 Å². The normalized spacial score (nSPS) is 29.0. The van der Waals surface area contributed by atoms with Crippen LogP contribution in [0.2, 0.25) is 0 Å². The molecule has 0 radical (unpaired) electrons. The molecule has 3 heterocycles. The van der Waals surface area contributed by atoms with Crippen molar-refractivity contribution in [1.82, 2.24) is 10.2 Å². The molecule has 2 amide bonds. The summed E-state index contributed by atoms with van der Waals surface area (Å²) < 4.78 is -0.763. The fourth-order valence-electron chi connectivity index (χ4n) is 3.62. The number of nitrogens with one attached hydrogen (secondary N) is 1. The van der Waals surface area contributed by atoms with Gasteiger partial charge < -0.3 is 15.3 Å². The van der Waals surface area contributed by atoms with Crippen molar-refractivity contribution in [3.05, 3.63) is 22.4 Å². The van der Waals surface area contributed by atoms with Crippen LogP contribution in [0.25, 0.3) is 0 Å². The summed E-state index contributed by atoms with van der Waals surface area (Å²) in [7, 11) is 0. The average Bonchev–Trinajstić information content (AvgIpc) is 3.15. The van der Waals surface area contributed by atoms with E-state index in [0.29, 0.717) is 0 Å². The fraction of sp³-hybridized carbons (Fsp3) is 0.529. The van der Waals surface area contributed by atoms with Crippen LogP contribution in [0.4, 0.5) is 0 Å². The maximum absolute atomic E-state index is 12.9. The smallest absolute Gasteiger partial charge is 0.327 e. The summed E-state index contributed by atoms with van der Waals surface area (Å²) in [5, 5.41) is 13.3. The molecule has 26 heavy (non-hydrogen) atoms. The summed E-state index contributed by atoms with van der Waals surface area (Å²) in [6.45, 7) is 5.10. The van der Waals surface area contributed by atoms with Gasteiger partial charge in [0.1, 0.15) is 11.4 Å². The monoisotopic (exact) mass is 396 g/mol. The zero-order chi connectivity index (χ0) is 19.3. The maximum Gasteiger partial charge on any atom is 0.327 e. The van der Waals surface area contributed by atoms with Crippen LogP contribution in [0, 0.1) is 0 Å². The van der Waals surface area contributed by atoms with E-state index in [9.17, 15) is 24.3 Å². The van der Waals surface area contributed by atoms with E-state index in [-0.39, 0.29) is 12.8 Å². The van der Waals surface area contributed by atoms with Crippen molar-refractivity contribution in [3.63, 3.8) is 0 Å². The number of ketones is 1. The number of thiophene rings is 1. The van der Waals surface area contributed by atoms with Gasteiger partial charge in [-0.15, -0.1) is 23.1 Å². The second-order valence-electron chi connectivity index (χ2n) is 6.92. The lowest BCUT2D eigenvalue weighted by Crippen LogP contribution is -2.82. The van der Waals surface area contributed by atoms with Crippen LogP contribution in [0.5, 0.6) is 0 Å². The van der Waals surface area contributed by atoms with E-state index < -0.39 is 45.3 Å². The fourth-order valence-corrected chi connectivity index (χ4v) is 6.04.